The third-order valence-corrected chi connectivity index (χ3v) is 2.00. The van der Waals surface area contributed by atoms with Crippen LogP contribution in [0.3, 0.4) is 0 Å². The third kappa shape index (κ3) is 2.96. The molecule has 1 atom stereocenters. The van der Waals surface area contributed by atoms with Crippen molar-refractivity contribution in [2.75, 3.05) is 13.2 Å². The van der Waals surface area contributed by atoms with Gasteiger partial charge in [0.15, 0.2) is 0 Å². The lowest BCUT2D eigenvalue weighted by Gasteiger charge is -2.11. The van der Waals surface area contributed by atoms with Gasteiger partial charge in [-0.05, 0) is 25.8 Å². The number of hydrogen-bond donors (Lipinski definition) is 1. The van der Waals surface area contributed by atoms with E-state index in [0.29, 0.717) is 24.9 Å². The van der Waals surface area contributed by atoms with Crippen molar-refractivity contribution in [2.45, 2.75) is 20.3 Å². The van der Waals surface area contributed by atoms with Crippen molar-refractivity contribution in [3.8, 4) is 5.88 Å². The average Bonchev–Trinajstić information content (AvgIpc) is 2.21. The molecule has 4 heteroatoms. The first kappa shape index (κ1) is 10.9. The van der Waals surface area contributed by atoms with Crippen molar-refractivity contribution in [1.29, 1.82) is 0 Å². The van der Waals surface area contributed by atoms with Gasteiger partial charge in [0.25, 0.3) is 0 Å². The molecule has 1 heterocycles. The van der Waals surface area contributed by atoms with Gasteiger partial charge in [0, 0.05) is 11.8 Å². The molecule has 0 aliphatic carbocycles. The zero-order chi connectivity index (χ0) is 10.4. The first-order valence-electron chi connectivity index (χ1n) is 4.89. The molecule has 78 valence electrons. The van der Waals surface area contributed by atoms with E-state index < -0.39 is 0 Å². The Morgan fingerprint density at radius 2 is 2.36 bits per heavy atom. The zero-order valence-corrected chi connectivity index (χ0v) is 8.73. The molecule has 0 aliphatic rings. The molecule has 0 amide bonds. The van der Waals surface area contributed by atoms with Crippen LogP contribution in [-0.2, 0) is 6.42 Å². The minimum atomic E-state index is 0.431. The van der Waals surface area contributed by atoms with Crippen molar-refractivity contribution in [1.82, 2.24) is 9.97 Å². The Morgan fingerprint density at radius 3 is 3.00 bits per heavy atom. The molecule has 14 heavy (non-hydrogen) atoms. The van der Waals surface area contributed by atoms with Crippen LogP contribution in [0.1, 0.15) is 19.4 Å². The van der Waals surface area contributed by atoms with E-state index >= 15 is 0 Å². The van der Waals surface area contributed by atoms with Crippen LogP contribution in [0.4, 0.5) is 0 Å². The highest BCUT2D eigenvalue weighted by Gasteiger charge is 2.08. The first-order valence-corrected chi connectivity index (χ1v) is 4.89. The standard InChI is InChI=1S/C10H17N3O/c1-3-14-10-9(4-8(2)5-11)6-12-7-13-10/h6-8H,3-5,11H2,1-2H3. The third-order valence-electron chi connectivity index (χ3n) is 2.00. The summed E-state index contributed by atoms with van der Waals surface area (Å²) in [7, 11) is 0. The second-order valence-electron chi connectivity index (χ2n) is 3.33. The van der Waals surface area contributed by atoms with Crippen LogP contribution in [0.25, 0.3) is 0 Å². The lowest BCUT2D eigenvalue weighted by atomic mass is 10.0. The second kappa shape index (κ2) is 5.54. The molecule has 1 unspecified atom stereocenters. The minimum absolute atomic E-state index is 0.431. The van der Waals surface area contributed by atoms with E-state index in [2.05, 4.69) is 16.9 Å². The van der Waals surface area contributed by atoms with E-state index in [1.165, 1.54) is 6.33 Å². The summed E-state index contributed by atoms with van der Waals surface area (Å²) in [4.78, 5) is 8.06. The molecule has 0 saturated carbocycles. The maximum atomic E-state index is 5.56. The average molecular weight is 195 g/mol. The fourth-order valence-electron chi connectivity index (χ4n) is 1.21. The van der Waals surface area contributed by atoms with Crippen LogP contribution in [0.15, 0.2) is 12.5 Å². The molecule has 0 spiro atoms. The minimum Gasteiger partial charge on any atom is -0.478 e. The summed E-state index contributed by atoms with van der Waals surface area (Å²) in [5.41, 5.74) is 6.60. The van der Waals surface area contributed by atoms with Crippen LogP contribution in [-0.4, -0.2) is 23.1 Å². The number of hydrogen-bond acceptors (Lipinski definition) is 4. The van der Waals surface area contributed by atoms with E-state index in [1.54, 1.807) is 6.20 Å². The van der Waals surface area contributed by atoms with E-state index in [4.69, 9.17) is 10.5 Å². The van der Waals surface area contributed by atoms with Crippen molar-refractivity contribution in [2.24, 2.45) is 11.7 Å². The second-order valence-corrected chi connectivity index (χ2v) is 3.33. The molecule has 0 bridgehead atoms. The molecule has 1 aromatic heterocycles. The van der Waals surface area contributed by atoms with E-state index in [9.17, 15) is 0 Å². The fourth-order valence-corrected chi connectivity index (χ4v) is 1.21. The molecule has 0 fully saturated rings. The van der Waals surface area contributed by atoms with E-state index in [-0.39, 0.29) is 0 Å². The molecular weight excluding hydrogens is 178 g/mol. The molecule has 1 aromatic rings. The number of ether oxygens (including phenoxy) is 1. The van der Waals surface area contributed by atoms with Crippen LogP contribution in [0.2, 0.25) is 0 Å². The monoisotopic (exact) mass is 195 g/mol. The van der Waals surface area contributed by atoms with Crippen LogP contribution >= 0.6 is 0 Å². The Balaban J connectivity index is 2.73. The van der Waals surface area contributed by atoms with Crippen molar-refractivity contribution in [3.63, 3.8) is 0 Å². The molecule has 0 saturated heterocycles. The largest absolute Gasteiger partial charge is 0.478 e. The van der Waals surface area contributed by atoms with Gasteiger partial charge in [-0.3, -0.25) is 0 Å². The zero-order valence-electron chi connectivity index (χ0n) is 8.73. The summed E-state index contributed by atoms with van der Waals surface area (Å²) in [6.45, 7) is 5.34. The van der Waals surface area contributed by atoms with Gasteiger partial charge in [0.2, 0.25) is 5.88 Å². The van der Waals surface area contributed by atoms with Gasteiger partial charge in [-0.25, -0.2) is 9.97 Å². The summed E-state index contributed by atoms with van der Waals surface area (Å²) in [5.74, 6) is 1.11. The van der Waals surface area contributed by atoms with Crippen molar-refractivity contribution < 1.29 is 4.74 Å². The van der Waals surface area contributed by atoms with Gasteiger partial charge in [-0.1, -0.05) is 6.92 Å². The predicted molar refractivity (Wildman–Crippen MR) is 55.1 cm³/mol. The summed E-state index contributed by atoms with van der Waals surface area (Å²) in [6.07, 6.45) is 4.17. The normalized spacial score (nSPS) is 12.5. The first-order chi connectivity index (χ1) is 6.77. The summed E-state index contributed by atoms with van der Waals surface area (Å²) >= 11 is 0. The quantitative estimate of drug-likeness (QED) is 0.761. The Morgan fingerprint density at radius 1 is 1.57 bits per heavy atom. The summed E-state index contributed by atoms with van der Waals surface area (Å²) < 4.78 is 5.39. The maximum absolute atomic E-state index is 5.56. The summed E-state index contributed by atoms with van der Waals surface area (Å²) in [6, 6.07) is 0. The summed E-state index contributed by atoms with van der Waals surface area (Å²) in [5, 5.41) is 0. The molecule has 0 aliphatic heterocycles. The highest BCUT2D eigenvalue weighted by molar-refractivity contribution is 5.22. The smallest absolute Gasteiger partial charge is 0.219 e. The molecular formula is C10H17N3O. The molecule has 4 nitrogen and oxygen atoms in total. The molecule has 0 radical (unpaired) electrons. The lowest BCUT2D eigenvalue weighted by Crippen LogP contribution is -2.14. The van der Waals surface area contributed by atoms with Gasteiger partial charge >= 0.3 is 0 Å². The van der Waals surface area contributed by atoms with Gasteiger partial charge in [0.05, 0.1) is 6.61 Å². The SMILES string of the molecule is CCOc1ncncc1CC(C)CN. The van der Waals surface area contributed by atoms with Crippen molar-refractivity contribution >= 4 is 0 Å². The fraction of sp³-hybridized carbons (Fsp3) is 0.600. The topological polar surface area (TPSA) is 61.0 Å². The Hall–Kier alpha value is -1.16. The van der Waals surface area contributed by atoms with Crippen LogP contribution in [0, 0.1) is 5.92 Å². The van der Waals surface area contributed by atoms with E-state index in [0.717, 1.165) is 12.0 Å². The Kier molecular flexibility index (Phi) is 4.32. The van der Waals surface area contributed by atoms with Gasteiger partial charge in [-0.2, -0.15) is 0 Å². The number of rotatable bonds is 5. The van der Waals surface area contributed by atoms with Gasteiger partial charge in [0.1, 0.15) is 6.33 Å². The van der Waals surface area contributed by atoms with Gasteiger partial charge in [-0.15, -0.1) is 0 Å². The van der Waals surface area contributed by atoms with E-state index in [1.807, 2.05) is 6.92 Å². The lowest BCUT2D eigenvalue weighted by molar-refractivity contribution is 0.320. The molecule has 1 rings (SSSR count). The molecule has 2 N–H and O–H groups in total. The maximum Gasteiger partial charge on any atom is 0.219 e. The number of aromatic nitrogens is 2. The predicted octanol–water partition coefficient (Wildman–Crippen LogP) is 1.01. The molecule has 0 aromatic carbocycles. The van der Waals surface area contributed by atoms with Crippen LogP contribution < -0.4 is 10.5 Å². The van der Waals surface area contributed by atoms with Gasteiger partial charge < -0.3 is 10.5 Å². The highest BCUT2D eigenvalue weighted by atomic mass is 16.5. The number of nitrogens with zero attached hydrogens (tertiary/aromatic N) is 2. The highest BCUT2D eigenvalue weighted by Crippen LogP contribution is 2.16. The Bertz CT molecular complexity index is 278. The number of nitrogens with two attached hydrogens (primary N) is 1. The van der Waals surface area contributed by atoms with Crippen LogP contribution in [0.5, 0.6) is 5.88 Å². The Labute approximate surface area is 84.5 Å². The van der Waals surface area contributed by atoms with Crippen molar-refractivity contribution in [3.05, 3.63) is 18.1 Å².